The van der Waals surface area contributed by atoms with Crippen LogP contribution < -0.4 is 0 Å². The molecule has 0 saturated carbocycles. The van der Waals surface area contributed by atoms with E-state index < -0.39 is 0 Å². The molecule has 120 valence electrons. The van der Waals surface area contributed by atoms with Crippen molar-refractivity contribution >= 4 is 33.7 Å². The molecular weight excluding hydrogens is 300 g/mol. The Morgan fingerprint density at radius 3 is 2.16 bits per heavy atom. The minimum Gasteiger partial charge on any atom is -0.103 e. The van der Waals surface area contributed by atoms with E-state index in [-0.39, 0.29) is 0 Å². The summed E-state index contributed by atoms with van der Waals surface area (Å²) >= 11 is 0. The lowest BCUT2D eigenvalue weighted by Gasteiger charge is -2.06. The maximum atomic E-state index is 3.79. The van der Waals surface area contributed by atoms with Crippen LogP contribution in [-0.2, 0) is 6.42 Å². The molecule has 4 aromatic carbocycles. The Hall–Kier alpha value is -3.12. The third kappa shape index (κ3) is 3.25. The molecule has 25 heavy (non-hydrogen) atoms. The molecule has 4 aromatic rings. The summed E-state index contributed by atoms with van der Waals surface area (Å²) in [4.78, 5) is 0. The number of hydrogen-bond donors (Lipinski definition) is 0. The number of rotatable bonds is 4. The van der Waals surface area contributed by atoms with Crippen LogP contribution in [0.3, 0.4) is 0 Å². The highest BCUT2D eigenvalue weighted by Gasteiger charge is 2.01. The molecule has 0 fully saturated rings. The van der Waals surface area contributed by atoms with Gasteiger partial charge in [0, 0.05) is 0 Å². The normalized spacial score (nSPS) is 11.4. The summed E-state index contributed by atoms with van der Waals surface area (Å²) < 4.78 is 0. The molecule has 0 N–H and O–H groups in total. The monoisotopic (exact) mass is 320 g/mol. The summed E-state index contributed by atoms with van der Waals surface area (Å²) in [6, 6.07) is 28.2. The molecular formula is C25H20. The standard InChI is InChI=1S/C25H20/c1-2-6-19-11-13-20(14-12-19)15-16-21-9-5-10-24-17-22-7-3-4-8-23(22)18-25(21)24/h2-5,7-18H,1,6H2. The van der Waals surface area contributed by atoms with Gasteiger partial charge in [-0.15, -0.1) is 6.58 Å². The van der Waals surface area contributed by atoms with E-state index in [1.807, 2.05) is 6.08 Å². The molecule has 0 aliphatic rings. The lowest BCUT2D eigenvalue weighted by Crippen LogP contribution is -1.82. The van der Waals surface area contributed by atoms with E-state index >= 15 is 0 Å². The molecule has 0 spiro atoms. The maximum absolute atomic E-state index is 3.79. The summed E-state index contributed by atoms with van der Waals surface area (Å²) in [7, 11) is 0. The predicted molar refractivity (Wildman–Crippen MR) is 111 cm³/mol. The molecule has 0 heteroatoms. The number of benzene rings is 4. The average molecular weight is 320 g/mol. The van der Waals surface area contributed by atoms with Crippen molar-refractivity contribution in [1.82, 2.24) is 0 Å². The van der Waals surface area contributed by atoms with E-state index in [1.54, 1.807) is 0 Å². The smallest absolute Gasteiger partial charge is 0.0100 e. The first-order chi connectivity index (χ1) is 12.3. The Morgan fingerprint density at radius 1 is 0.680 bits per heavy atom. The van der Waals surface area contributed by atoms with Gasteiger partial charge in [0.2, 0.25) is 0 Å². The van der Waals surface area contributed by atoms with Gasteiger partial charge in [-0.2, -0.15) is 0 Å². The molecule has 0 unspecified atom stereocenters. The van der Waals surface area contributed by atoms with Gasteiger partial charge in [-0.1, -0.05) is 85.0 Å². The quantitative estimate of drug-likeness (QED) is 0.218. The van der Waals surface area contributed by atoms with Crippen LogP contribution in [0.15, 0.2) is 91.5 Å². The van der Waals surface area contributed by atoms with Gasteiger partial charge < -0.3 is 0 Å². The largest absolute Gasteiger partial charge is 0.103 e. The van der Waals surface area contributed by atoms with Crippen LogP contribution in [0, 0.1) is 0 Å². The number of allylic oxidation sites excluding steroid dienone is 1. The second-order valence-corrected chi connectivity index (χ2v) is 6.34. The van der Waals surface area contributed by atoms with Crippen molar-refractivity contribution in [1.29, 1.82) is 0 Å². The van der Waals surface area contributed by atoms with E-state index in [9.17, 15) is 0 Å². The van der Waals surface area contributed by atoms with E-state index in [2.05, 4.69) is 97.6 Å². The zero-order valence-corrected chi connectivity index (χ0v) is 14.2. The first-order valence-electron chi connectivity index (χ1n) is 8.63. The van der Waals surface area contributed by atoms with E-state index in [4.69, 9.17) is 0 Å². The zero-order valence-electron chi connectivity index (χ0n) is 14.2. The van der Waals surface area contributed by atoms with Crippen molar-refractivity contribution in [3.63, 3.8) is 0 Å². The first kappa shape index (κ1) is 15.4. The highest BCUT2D eigenvalue weighted by Crippen LogP contribution is 2.26. The van der Waals surface area contributed by atoms with Gasteiger partial charge in [0.1, 0.15) is 0 Å². The molecule has 0 nitrogen and oxygen atoms in total. The molecule has 0 aromatic heterocycles. The van der Waals surface area contributed by atoms with Gasteiger partial charge in [0.15, 0.2) is 0 Å². The van der Waals surface area contributed by atoms with Crippen molar-refractivity contribution < 1.29 is 0 Å². The molecule has 4 rings (SSSR count). The highest BCUT2D eigenvalue weighted by atomic mass is 14.1. The van der Waals surface area contributed by atoms with Crippen molar-refractivity contribution in [3.8, 4) is 0 Å². The van der Waals surface area contributed by atoms with Crippen molar-refractivity contribution in [2.45, 2.75) is 6.42 Å². The van der Waals surface area contributed by atoms with Crippen LogP contribution in [0.25, 0.3) is 33.7 Å². The van der Waals surface area contributed by atoms with Gasteiger partial charge in [-0.3, -0.25) is 0 Å². The second-order valence-electron chi connectivity index (χ2n) is 6.34. The fraction of sp³-hybridized carbons (Fsp3) is 0.0400. The second kappa shape index (κ2) is 6.78. The SMILES string of the molecule is C=CCc1ccc(C=Cc2cccc3cc4ccccc4cc23)cc1. The lowest BCUT2D eigenvalue weighted by atomic mass is 9.99. The van der Waals surface area contributed by atoms with Gasteiger partial charge in [0.25, 0.3) is 0 Å². The van der Waals surface area contributed by atoms with Crippen LogP contribution in [0.1, 0.15) is 16.7 Å². The van der Waals surface area contributed by atoms with Crippen LogP contribution in [0.2, 0.25) is 0 Å². The van der Waals surface area contributed by atoms with E-state index in [0.717, 1.165) is 6.42 Å². The fourth-order valence-electron chi connectivity index (χ4n) is 3.25. The van der Waals surface area contributed by atoms with Crippen LogP contribution in [-0.4, -0.2) is 0 Å². The zero-order chi connectivity index (χ0) is 17.1. The van der Waals surface area contributed by atoms with Crippen LogP contribution in [0.5, 0.6) is 0 Å². The molecule has 0 aliphatic heterocycles. The van der Waals surface area contributed by atoms with Crippen molar-refractivity contribution in [2.75, 3.05) is 0 Å². The summed E-state index contributed by atoms with van der Waals surface area (Å²) in [6.45, 7) is 3.79. The maximum Gasteiger partial charge on any atom is -0.0100 e. The van der Waals surface area contributed by atoms with Gasteiger partial charge >= 0.3 is 0 Å². The number of hydrogen-bond acceptors (Lipinski definition) is 0. The molecule has 0 bridgehead atoms. The Labute approximate surface area is 148 Å². The summed E-state index contributed by atoms with van der Waals surface area (Å²) in [5.74, 6) is 0. The van der Waals surface area contributed by atoms with Crippen LogP contribution >= 0.6 is 0 Å². The topological polar surface area (TPSA) is 0 Å². The van der Waals surface area contributed by atoms with Gasteiger partial charge in [-0.25, -0.2) is 0 Å². The van der Waals surface area contributed by atoms with Crippen LogP contribution in [0.4, 0.5) is 0 Å². The average Bonchev–Trinajstić information content (AvgIpc) is 2.66. The van der Waals surface area contributed by atoms with Crippen molar-refractivity contribution in [2.24, 2.45) is 0 Å². The Morgan fingerprint density at radius 2 is 1.40 bits per heavy atom. The Kier molecular flexibility index (Phi) is 4.18. The molecule has 0 aliphatic carbocycles. The lowest BCUT2D eigenvalue weighted by molar-refractivity contribution is 1.28. The Bertz CT molecular complexity index is 1070. The summed E-state index contributed by atoms with van der Waals surface area (Å²) in [6.07, 6.45) is 7.24. The van der Waals surface area contributed by atoms with E-state index in [1.165, 1.54) is 38.2 Å². The summed E-state index contributed by atoms with van der Waals surface area (Å²) in [5, 5.41) is 5.14. The minimum absolute atomic E-state index is 0.917. The van der Waals surface area contributed by atoms with Gasteiger partial charge in [0.05, 0.1) is 0 Å². The molecule has 0 amide bonds. The fourth-order valence-corrected chi connectivity index (χ4v) is 3.25. The third-order valence-electron chi connectivity index (χ3n) is 4.60. The molecule has 0 heterocycles. The van der Waals surface area contributed by atoms with E-state index in [0.29, 0.717) is 0 Å². The molecule has 0 saturated heterocycles. The summed E-state index contributed by atoms with van der Waals surface area (Å²) in [5.41, 5.74) is 3.76. The minimum atomic E-state index is 0.917. The third-order valence-corrected chi connectivity index (χ3v) is 4.60. The molecule has 0 radical (unpaired) electrons. The van der Waals surface area contributed by atoms with Gasteiger partial charge in [-0.05, 0) is 56.8 Å². The van der Waals surface area contributed by atoms with Crippen molar-refractivity contribution in [3.05, 3.63) is 108 Å². The predicted octanol–water partition coefficient (Wildman–Crippen LogP) is 6.89. The highest BCUT2D eigenvalue weighted by molar-refractivity contribution is 6.02. The first-order valence-corrected chi connectivity index (χ1v) is 8.63. The molecule has 0 atom stereocenters. The Balaban J connectivity index is 1.73. The number of fused-ring (bicyclic) bond motifs is 2.